The summed E-state index contributed by atoms with van der Waals surface area (Å²) in [6.07, 6.45) is 3.99. The molecule has 2 aromatic rings. The van der Waals surface area contributed by atoms with E-state index in [0.29, 0.717) is 5.75 Å². The minimum absolute atomic E-state index is 0.0315. The van der Waals surface area contributed by atoms with Crippen molar-refractivity contribution in [2.75, 3.05) is 6.61 Å². The Morgan fingerprint density at radius 1 is 1.11 bits per heavy atom. The Morgan fingerprint density at radius 3 is 2.44 bits per heavy atom. The quantitative estimate of drug-likeness (QED) is 0.295. The summed E-state index contributed by atoms with van der Waals surface area (Å²) in [5.74, 6) is -0.0109. The summed E-state index contributed by atoms with van der Waals surface area (Å²) >= 11 is 0. The van der Waals surface area contributed by atoms with Crippen LogP contribution in [0.4, 0.5) is 5.69 Å². The second-order valence-electron chi connectivity index (χ2n) is 5.96. The Kier molecular flexibility index (Phi) is 7.96. The molecule has 0 aliphatic heterocycles. The van der Waals surface area contributed by atoms with Crippen LogP contribution < -0.4 is 10.2 Å². The van der Waals surface area contributed by atoms with Crippen molar-refractivity contribution in [1.82, 2.24) is 5.43 Å². The van der Waals surface area contributed by atoms with Gasteiger partial charge in [-0.2, -0.15) is 5.10 Å². The molecular formula is C20H23N3O4. The highest BCUT2D eigenvalue weighted by atomic mass is 16.6. The van der Waals surface area contributed by atoms with Crippen LogP contribution in [0.15, 0.2) is 59.7 Å². The van der Waals surface area contributed by atoms with E-state index in [1.165, 1.54) is 24.3 Å². The molecule has 0 saturated carbocycles. The molecule has 7 heteroatoms. The maximum atomic E-state index is 12.0. The molecule has 0 atom stereocenters. The topological polar surface area (TPSA) is 93.8 Å². The zero-order valence-corrected chi connectivity index (χ0v) is 15.3. The van der Waals surface area contributed by atoms with Crippen molar-refractivity contribution in [2.24, 2.45) is 5.10 Å². The Balaban J connectivity index is 1.91. The number of nitrogens with zero attached hydrogens (tertiary/aromatic N) is 2. The number of nitro benzene ring substituents is 1. The van der Waals surface area contributed by atoms with E-state index in [0.717, 1.165) is 37.0 Å². The second-order valence-corrected chi connectivity index (χ2v) is 5.96. The van der Waals surface area contributed by atoms with E-state index in [2.05, 4.69) is 17.5 Å². The molecule has 0 heterocycles. The molecule has 1 N–H and O–H groups in total. The van der Waals surface area contributed by atoms with Crippen molar-refractivity contribution >= 4 is 17.3 Å². The molecule has 0 fully saturated rings. The first kappa shape index (κ1) is 20.1. The molecule has 0 aliphatic carbocycles. The number of hydrogen-bond donors (Lipinski definition) is 1. The number of carbonyl (C=O) groups is 1. The van der Waals surface area contributed by atoms with Gasteiger partial charge in [0.05, 0.1) is 10.6 Å². The van der Waals surface area contributed by atoms with Gasteiger partial charge in [-0.3, -0.25) is 14.9 Å². The Hall–Kier alpha value is -3.22. The normalized spacial score (nSPS) is 11.1. The van der Waals surface area contributed by atoms with Crippen LogP contribution in [0, 0.1) is 10.1 Å². The summed E-state index contributed by atoms with van der Waals surface area (Å²) < 4.78 is 5.34. The third-order valence-electron chi connectivity index (χ3n) is 3.86. The number of nitro groups is 1. The van der Waals surface area contributed by atoms with Gasteiger partial charge in [-0.25, -0.2) is 5.43 Å². The number of hydrogen-bond acceptors (Lipinski definition) is 5. The van der Waals surface area contributed by atoms with Crippen molar-refractivity contribution in [3.8, 4) is 5.75 Å². The molecule has 0 aromatic heterocycles. The standard InChI is InChI=1S/C20H23N3O4/c1-2-3-5-10-19(16-8-6-4-7-9-16)21-22-20(24)15-27-18-13-11-17(12-14-18)23(25)26/h4,6-9,11-14H,2-3,5,10,15H2,1H3,(H,22,24). The van der Waals surface area contributed by atoms with Crippen molar-refractivity contribution in [3.63, 3.8) is 0 Å². The van der Waals surface area contributed by atoms with Gasteiger partial charge >= 0.3 is 0 Å². The Morgan fingerprint density at radius 2 is 1.81 bits per heavy atom. The zero-order chi connectivity index (χ0) is 19.5. The van der Waals surface area contributed by atoms with Crippen LogP contribution in [0.1, 0.15) is 38.2 Å². The summed E-state index contributed by atoms with van der Waals surface area (Å²) in [7, 11) is 0. The maximum Gasteiger partial charge on any atom is 0.277 e. The average Bonchev–Trinajstić information content (AvgIpc) is 2.70. The maximum absolute atomic E-state index is 12.0. The lowest BCUT2D eigenvalue weighted by Crippen LogP contribution is -2.26. The molecule has 0 saturated heterocycles. The van der Waals surface area contributed by atoms with Gasteiger partial charge in [0, 0.05) is 12.1 Å². The minimum atomic E-state index is -0.491. The van der Waals surface area contributed by atoms with E-state index in [9.17, 15) is 14.9 Å². The fourth-order valence-electron chi connectivity index (χ4n) is 2.41. The largest absolute Gasteiger partial charge is 0.484 e. The van der Waals surface area contributed by atoms with Crippen LogP contribution in [0.25, 0.3) is 0 Å². The third-order valence-corrected chi connectivity index (χ3v) is 3.86. The van der Waals surface area contributed by atoms with Crippen LogP contribution in [-0.4, -0.2) is 23.1 Å². The average molecular weight is 369 g/mol. The Bertz CT molecular complexity index is 774. The SMILES string of the molecule is CCCCCC(=NNC(=O)COc1ccc([N+](=O)[O-])cc1)c1ccccc1. The first-order chi connectivity index (χ1) is 13.1. The predicted octanol–water partition coefficient (Wildman–Crippen LogP) is 4.07. The van der Waals surface area contributed by atoms with Gasteiger partial charge in [-0.15, -0.1) is 0 Å². The summed E-state index contributed by atoms with van der Waals surface area (Å²) in [5, 5.41) is 14.9. The first-order valence-corrected chi connectivity index (χ1v) is 8.88. The van der Waals surface area contributed by atoms with E-state index in [4.69, 9.17) is 4.74 Å². The van der Waals surface area contributed by atoms with Crippen LogP contribution in [0.2, 0.25) is 0 Å². The molecule has 0 aliphatic rings. The molecule has 2 aromatic carbocycles. The highest BCUT2D eigenvalue weighted by Crippen LogP contribution is 2.17. The van der Waals surface area contributed by atoms with Crippen molar-refractivity contribution in [3.05, 3.63) is 70.3 Å². The second kappa shape index (κ2) is 10.7. The van der Waals surface area contributed by atoms with Gasteiger partial charge in [0.15, 0.2) is 6.61 Å². The monoisotopic (exact) mass is 369 g/mol. The number of carbonyl (C=O) groups excluding carboxylic acids is 1. The van der Waals surface area contributed by atoms with Gasteiger partial charge in [-0.05, 0) is 30.5 Å². The minimum Gasteiger partial charge on any atom is -0.484 e. The number of hydrazone groups is 1. The van der Waals surface area contributed by atoms with Crippen LogP contribution >= 0.6 is 0 Å². The number of ether oxygens (including phenoxy) is 1. The lowest BCUT2D eigenvalue weighted by atomic mass is 10.0. The van der Waals surface area contributed by atoms with E-state index in [1.807, 2.05) is 30.3 Å². The molecule has 1 amide bonds. The molecular weight excluding hydrogens is 346 g/mol. The fourth-order valence-corrected chi connectivity index (χ4v) is 2.41. The zero-order valence-electron chi connectivity index (χ0n) is 15.3. The lowest BCUT2D eigenvalue weighted by Gasteiger charge is -2.08. The first-order valence-electron chi connectivity index (χ1n) is 8.88. The fraction of sp³-hybridized carbons (Fsp3) is 0.300. The number of benzene rings is 2. The molecule has 0 unspecified atom stereocenters. The number of amides is 1. The van der Waals surface area contributed by atoms with Crippen LogP contribution in [0.3, 0.4) is 0 Å². The van der Waals surface area contributed by atoms with Crippen molar-refractivity contribution in [1.29, 1.82) is 0 Å². The van der Waals surface area contributed by atoms with E-state index >= 15 is 0 Å². The van der Waals surface area contributed by atoms with Gasteiger partial charge in [-0.1, -0.05) is 50.1 Å². The highest BCUT2D eigenvalue weighted by Gasteiger charge is 2.08. The van der Waals surface area contributed by atoms with Gasteiger partial charge in [0.2, 0.25) is 0 Å². The molecule has 2 rings (SSSR count). The number of non-ortho nitro benzene ring substituents is 1. The van der Waals surface area contributed by atoms with E-state index in [1.54, 1.807) is 0 Å². The summed E-state index contributed by atoms with van der Waals surface area (Å²) in [6, 6.07) is 15.3. The Labute approximate surface area is 158 Å². The van der Waals surface area contributed by atoms with Gasteiger partial charge in [0.1, 0.15) is 5.75 Å². The third kappa shape index (κ3) is 6.89. The number of rotatable bonds is 10. The van der Waals surface area contributed by atoms with E-state index in [-0.39, 0.29) is 12.3 Å². The summed E-state index contributed by atoms with van der Waals surface area (Å²) in [5.41, 5.74) is 4.30. The highest BCUT2D eigenvalue weighted by molar-refractivity contribution is 6.01. The van der Waals surface area contributed by atoms with Crippen molar-refractivity contribution < 1.29 is 14.5 Å². The number of nitrogens with one attached hydrogen (secondary N) is 1. The molecule has 0 bridgehead atoms. The molecule has 7 nitrogen and oxygen atoms in total. The van der Waals surface area contributed by atoms with Crippen LogP contribution in [0.5, 0.6) is 5.75 Å². The molecule has 27 heavy (non-hydrogen) atoms. The molecule has 0 radical (unpaired) electrons. The smallest absolute Gasteiger partial charge is 0.277 e. The summed E-state index contributed by atoms with van der Waals surface area (Å²) in [6.45, 7) is 1.91. The predicted molar refractivity (Wildman–Crippen MR) is 104 cm³/mol. The van der Waals surface area contributed by atoms with Crippen molar-refractivity contribution in [2.45, 2.75) is 32.6 Å². The van der Waals surface area contributed by atoms with Gasteiger partial charge < -0.3 is 4.74 Å². The summed E-state index contributed by atoms with van der Waals surface area (Å²) in [4.78, 5) is 22.1. The molecule has 0 spiro atoms. The number of unbranched alkanes of at least 4 members (excludes halogenated alkanes) is 2. The van der Waals surface area contributed by atoms with Crippen LogP contribution in [-0.2, 0) is 4.79 Å². The van der Waals surface area contributed by atoms with E-state index < -0.39 is 10.8 Å². The lowest BCUT2D eigenvalue weighted by molar-refractivity contribution is -0.384. The molecule has 142 valence electrons. The van der Waals surface area contributed by atoms with Gasteiger partial charge in [0.25, 0.3) is 11.6 Å².